The minimum absolute atomic E-state index is 0.0311. The Morgan fingerprint density at radius 2 is 1.54 bits per heavy atom. The Balaban J connectivity index is 2.16. The number of carboxylic acid groups (broad SMARTS) is 1. The topological polar surface area (TPSA) is 108 Å². The summed E-state index contributed by atoms with van der Waals surface area (Å²) in [6.45, 7) is 10.1. The quantitative estimate of drug-likeness (QED) is 0.231. The third-order valence-electron chi connectivity index (χ3n) is 8.78. The fourth-order valence-corrected chi connectivity index (χ4v) is 6.12. The van der Waals surface area contributed by atoms with Crippen molar-refractivity contribution in [2.24, 2.45) is 17.3 Å². The van der Waals surface area contributed by atoms with E-state index in [1.807, 2.05) is 12.1 Å². The number of fused-ring (bicyclic) bond motifs is 1. The number of carbonyl (C=O) groups excluding carboxylic acids is 2. The van der Waals surface area contributed by atoms with E-state index in [4.69, 9.17) is 18.9 Å². The highest BCUT2D eigenvalue weighted by atomic mass is 16.6. The molecule has 0 spiro atoms. The Bertz CT molecular complexity index is 1060. The van der Waals surface area contributed by atoms with Gasteiger partial charge in [-0.25, -0.2) is 14.4 Å². The minimum Gasteiger partial charge on any atom is -0.481 e. The zero-order valence-electron chi connectivity index (χ0n) is 24.4. The zero-order chi connectivity index (χ0) is 29.0. The number of carboxylic acids is 1. The molecule has 0 aliphatic heterocycles. The van der Waals surface area contributed by atoms with Crippen LogP contribution < -0.4 is 9.47 Å². The molecule has 2 bridgehead atoms. The first-order chi connectivity index (χ1) is 18.4. The van der Waals surface area contributed by atoms with Crippen molar-refractivity contribution in [3.8, 4) is 11.5 Å². The van der Waals surface area contributed by atoms with E-state index in [1.165, 1.54) is 20.6 Å². The highest BCUT2D eigenvalue weighted by molar-refractivity contribution is 5.88. The van der Waals surface area contributed by atoms with Crippen molar-refractivity contribution in [1.82, 2.24) is 0 Å². The first-order valence-corrected chi connectivity index (χ1v) is 13.9. The third kappa shape index (κ3) is 6.59. The molecule has 3 aliphatic carbocycles. The molecule has 1 saturated carbocycles. The van der Waals surface area contributed by atoms with Crippen molar-refractivity contribution < 1.29 is 38.4 Å². The summed E-state index contributed by atoms with van der Waals surface area (Å²) >= 11 is 0. The maximum Gasteiger partial charge on any atom is 0.343 e. The van der Waals surface area contributed by atoms with Gasteiger partial charge < -0.3 is 24.1 Å². The molecule has 8 heteroatoms. The standard InChI is InChI=1S/C31H44O8/c1-8-9-10-11-12-30(2,3)19-13-24(38-17-26(32)36-6)28(25(14-19)39-18-27(33)37-7)20-15-21(29(34)35)23-16-22(20)31(23,4)5/h13-15,20,22-23H,8-12,16-18H2,1-7H3,(H,34,35). The molecule has 0 saturated heterocycles. The molecule has 1 aromatic rings. The molecule has 0 radical (unpaired) electrons. The Morgan fingerprint density at radius 1 is 0.974 bits per heavy atom. The van der Waals surface area contributed by atoms with Gasteiger partial charge in [0.05, 0.1) is 14.2 Å². The fourth-order valence-electron chi connectivity index (χ4n) is 6.12. The molecule has 1 aromatic carbocycles. The zero-order valence-corrected chi connectivity index (χ0v) is 24.4. The van der Waals surface area contributed by atoms with E-state index in [2.05, 4.69) is 34.6 Å². The maximum absolute atomic E-state index is 12.2. The monoisotopic (exact) mass is 544 g/mol. The minimum atomic E-state index is -0.935. The number of hydrogen-bond acceptors (Lipinski definition) is 7. The van der Waals surface area contributed by atoms with Gasteiger partial charge in [-0.15, -0.1) is 0 Å². The lowest BCUT2D eigenvalue weighted by atomic mass is 9.45. The van der Waals surface area contributed by atoms with Crippen LogP contribution in [0.2, 0.25) is 0 Å². The van der Waals surface area contributed by atoms with E-state index in [9.17, 15) is 19.5 Å². The number of rotatable bonds is 14. The summed E-state index contributed by atoms with van der Waals surface area (Å²) in [5.41, 5.74) is 1.48. The van der Waals surface area contributed by atoms with Gasteiger partial charge in [-0.1, -0.05) is 66.4 Å². The van der Waals surface area contributed by atoms with Crippen molar-refractivity contribution in [3.63, 3.8) is 0 Å². The molecule has 39 heavy (non-hydrogen) atoms. The molecule has 1 N–H and O–H groups in total. The molecule has 8 nitrogen and oxygen atoms in total. The second-order valence-corrected chi connectivity index (χ2v) is 12.0. The lowest BCUT2D eigenvalue weighted by Gasteiger charge is -2.58. The number of benzene rings is 1. The van der Waals surface area contributed by atoms with Crippen molar-refractivity contribution in [1.29, 1.82) is 0 Å². The second kappa shape index (κ2) is 12.4. The summed E-state index contributed by atoms with van der Waals surface area (Å²) in [6, 6.07) is 3.88. The number of unbranched alkanes of at least 4 members (excludes halogenated alkanes) is 3. The normalized spacial score (nSPS) is 21.3. The highest BCUT2D eigenvalue weighted by Gasteiger charge is 2.57. The van der Waals surface area contributed by atoms with Crippen molar-refractivity contribution >= 4 is 17.9 Å². The maximum atomic E-state index is 12.2. The number of carbonyl (C=O) groups is 3. The molecular weight excluding hydrogens is 500 g/mol. The lowest BCUT2D eigenvalue weighted by Crippen LogP contribution is -2.52. The SMILES string of the molecule is CCCCCCC(C)(C)c1cc(OCC(=O)OC)c(C2C=C(C(=O)O)C3CC2C3(C)C)c(OCC(=O)OC)c1. The summed E-state index contributed by atoms with van der Waals surface area (Å²) in [7, 11) is 2.60. The van der Waals surface area contributed by atoms with Gasteiger partial charge >= 0.3 is 17.9 Å². The molecule has 3 atom stereocenters. The van der Waals surface area contributed by atoms with E-state index in [-0.39, 0.29) is 41.8 Å². The number of esters is 2. The molecule has 4 rings (SSSR count). The predicted octanol–water partition coefficient (Wildman–Crippen LogP) is 5.81. The van der Waals surface area contributed by atoms with Crippen LogP contribution in [0.5, 0.6) is 11.5 Å². The van der Waals surface area contributed by atoms with Crippen LogP contribution in [0.3, 0.4) is 0 Å². The smallest absolute Gasteiger partial charge is 0.343 e. The van der Waals surface area contributed by atoms with E-state index in [0.717, 1.165) is 37.7 Å². The Morgan fingerprint density at radius 3 is 2.00 bits per heavy atom. The summed E-state index contributed by atoms with van der Waals surface area (Å²) < 4.78 is 21.8. The van der Waals surface area contributed by atoms with Crippen LogP contribution >= 0.6 is 0 Å². The molecule has 0 aromatic heterocycles. The Hall–Kier alpha value is -3.03. The molecule has 0 amide bonds. The van der Waals surface area contributed by atoms with Gasteiger partial charge in [0.1, 0.15) is 11.5 Å². The third-order valence-corrected chi connectivity index (χ3v) is 8.78. The fraction of sp³-hybridized carbons (Fsp3) is 0.645. The summed E-state index contributed by atoms with van der Waals surface area (Å²) in [4.78, 5) is 36.4. The van der Waals surface area contributed by atoms with Crippen LogP contribution in [0.25, 0.3) is 0 Å². The average molecular weight is 545 g/mol. The number of hydrogen-bond donors (Lipinski definition) is 1. The van der Waals surface area contributed by atoms with E-state index in [0.29, 0.717) is 22.6 Å². The van der Waals surface area contributed by atoms with Crippen molar-refractivity contribution in [2.45, 2.75) is 84.5 Å². The van der Waals surface area contributed by atoms with Crippen LogP contribution in [0.1, 0.15) is 90.2 Å². The Kier molecular flexibility index (Phi) is 9.73. The number of ether oxygens (including phenoxy) is 4. The van der Waals surface area contributed by atoms with Crippen LogP contribution in [0.15, 0.2) is 23.8 Å². The van der Waals surface area contributed by atoms with Gasteiger partial charge in [0.25, 0.3) is 0 Å². The summed E-state index contributed by atoms with van der Waals surface area (Å²) in [5, 5.41) is 10.0. The Labute approximate surface area is 232 Å². The van der Waals surface area contributed by atoms with E-state index in [1.54, 1.807) is 6.08 Å². The van der Waals surface area contributed by atoms with E-state index >= 15 is 0 Å². The van der Waals surface area contributed by atoms with Crippen LogP contribution in [0.4, 0.5) is 0 Å². The molecule has 3 aliphatic rings. The van der Waals surface area contributed by atoms with E-state index < -0.39 is 17.9 Å². The van der Waals surface area contributed by atoms with Gasteiger partial charge in [-0.2, -0.15) is 0 Å². The molecule has 216 valence electrons. The molecule has 1 fully saturated rings. The lowest BCUT2D eigenvalue weighted by molar-refractivity contribution is -0.143. The molecule has 3 unspecified atom stereocenters. The first kappa shape index (κ1) is 30.5. The predicted molar refractivity (Wildman–Crippen MR) is 147 cm³/mol. The molecular formula is C31H44O8. The summed E-state index contributed by atoms with van der Waals surface area (Å²) in [6.07, 6.45) is 7.98. The molecule has 0 heterocycles. The van der Waals surface area contributed by atoms with Crippen molar-refractivity contribution in [3.05, 3.63) is 34.9 Å². The number of aliphatic carboxylic acids is 1. The van der Waals surface area contributed by atoms with Gasteiger partial charge in [-0.05, 0) is 53.2 Å². The number of methoxy groups -OCH3 is 2. The summed E-state index contributed by atoms with van der Waals surface area (Å²) in [5.74, 6) is -1.35. The van der Waals surface area contributed by atoms with Gasteiger partial charge in [0, 0.05) is 17.1 Å². The van der Waals surface area contributed by atoms with Crippen LogP contribution in [-0.4, -0.2) is 50.4 Å². The highest BCUT2D eigenvalue weighted by Crippen LogP contribution is 2.65. The van der Waals surface area contributed by atoms with Gasteiger partial charge in [0.15, 0.2) is 13.2 Å². The average Bonchev–Trinajstić information content (AvgIpc) is 2.91. The number of allylic oxidation sites excluding steroid dienone is 1. The van der Waals surface area contributed by atoms with Crippen molar-refractivity contribution in [2.75, 3.05) is 27.4 Å². The first-order valence-electron chi connectivity index (χ1n) is 13.9. The van der Waals surface area contributed by atoms with Gasteiger partial charge in [-0.3, -0.25) is 0 Å². The largest absolute Gasteiger partial charge is 0.481 e. The van der Waals surface area contributed by atoms with Gasteiger partial charge in [0.2, 0.25) is 0 Å². The van der Waals surface area contributed by atoms with Crippen LogP contribution in [0, 0.1) is 17.3 Å². The van der Waals surface area contributed by atoms with Crippen LogP contribution in [-0.2, 0) is 29.3 Å². The second-order valence-electron chi connectivity index (χ2n) is 12.0.